The third-order valence-electron chi connectivity index (χ3n) is 2.91. The van der Waals surface area contributed by atoms with Gasteiger partial charge in [-0.3, -0.25) is 9.59 Å². The molecule has 2 rings (SSSR count). The minimum atomic E-state index is -0.392. The summed E-state index contributed by atoms with van der Waals surface area (Å²) in [5.74, 6) is -0.902. The van der Waals surface area contributed by atoms with Crippen molar-refractivity contribution in [1.82, 2.24) is 0 Å². The van der Waals surface area contributed by atoms with Gasteiger partial charge in [0.15, 0.2) is 0 Å². The molecule has 0 spiro atoms. The first-order chi connectivity index (χ1) is 10.5. The summed E-state index contributed by atoms with van der Waals surface area (Å²) in [4.78, 5) is 22.7. The molecule has 0 aliphatic heterocycles. The van der Waals surface area contributed by atoms with Gasteiger partial charge < -0.3 is 10.1 Å². The van der Waals surface area contributed by atoms with Gasteiger partial charge in [0.05, 0.1) is 6.42 Å². The van der Waals surface area contributed by atoms with Crippen molar-refractivity contribution < 1.29 is 18.7 Å². The standard InChI is InChI=1S/C17H16FNO3/c1-12(20)19-16-7-5-13(6-8-16)10-17(21)22-11-14-3-2-4-15(18)9-14/h2-9H,10-11H2,1H3,(H,19,20). The van der Waals surface area contributed by atoms with Crippen LogP contribution in [0.25, 0.3) is 0 Å². The number of hydrogen-bond donors (Lipinski definition) is 1. The molecule has 5 heteroatoms. The van der Waals surface area contributed by atoms with Crippen LogP contribution in [0.1, 0.15) is 18.1 Å². The van der Waals surface area contributed by atoms with Crippen LogP contribution >= 0.6 is 0 Å². The molecule has 0 fully saturated rings. The highest BCUT2D eigenvalue weighted by atomic mass is 19.1. The fourth-order valence-corrected chi connectivity index (χ4v) is 1.92. The summed E-state index contributed by atoms with van der Waals surface area (Å²) in [5, 5.41) is 2.65. The molecule has 0 aliphatic carbocycles. The first kappa shape index (κ1) is 15.7. The number of esters is 1. The van der Waals surface area contributed by atoms with Gasteiger partial charge in [-0.2, -0.15) is 0 Å². The molecule has 1 amide bonds. The lowest BCUT2D eigenvalue weighted by atomic mass is 10.1. The summed E-state index contributed by atoms with van der Waals surface area (Å²) >= 11 is 0. The Labute approximate surface area is 127 Å². The number of benzene rings is 2. The maximum atomic E-state index is 13.0. The molecule has 0 bridgehead atoms. The molecule has 114 valence electrons. The molecule has 4 nitrogen and oxygen atoms in total. The van der Waals surface area contributed by atoms with Crippen molar-refractivity contribution >= 4 is 17.6 Å². The van der Waals surface area contributed by atoms with E-state index >= 15 is 0 Å². The van der Waals surface area contributed by atoms with Gasteiger partial charge in [-0.05, 0) is 35.4 Å². The van der Waals surface area contributed by atoms with Gasteiger partial charge in [-0.25, -0.2) is 4.39 Å². The molecule has 0 unspecified atom stereocenters. The van der Waals surface area contributed by atoms with Crippen molar-refractivity contribution in [2.75, 3.05) is 5.32 Å². The smallest absolute Gasteiger partial charge is 0.310 e. The van der Waals surface area contributed by atoms with Gasteiger partial charge in [0, 0.05) is 12.6 Å². The van der Waals surface area contributed by atoms with E-state index in [0.29, 0.717) is 11.3 Å². The molecular weight excluding hydrogens is 285 g/mol. The summed E-state index contributed by atoms with van der Waals surface area (Å²) < 4.78 is 18.1. The maximum absolute atomic E-state index is 13.0. The van der Waals surface area contributed by atoms with Crippen molar-refractivity contribution in [2.24, 2.45) is 0 Å². The average molecular weight is 301 g/mol. The predicted molar refractivity (Wildman–Crippen MR) is 80.6 cm³/mol. The summed E-state index contributed by atoms with van der Waals surface area (Å²) in [7, 11) is 0. The van der Waals surface area contributed by atoms with E-state index in [1.807, 2.05) is 0 Å². The summed E-state index contributed by atoms with van der Waals surface area (Å²) in [5.41, 5.74) is 2.05. The Hall–Kier alpha value is -2.69. The number of carbonyl (C=O) groups is 2. The van der Waals surface area contributed by atoms with Crippen LogP contribution in [0.2, 0.25) is 0 Å². The minimum Gasteiger partial charge on any atom is -0.461 e. The first-order valence-electron chi connectivity index (χ1n) is 6.79. The second kappa shape index (κ2) is 7.36. The normalized spacial score (nSPS) is 10.1. The quantitative estimate of drug-likeness (QED) is 0.864. The predicted octanol–water partition coefficient (Wildman–Crippen LogP) is 3.07. The molecule has 0 saturated heterocycles. The Kier molecular flexibility index (Phi) is 5.25. The molecule has 0 radical (unpaired) electrons. The number of anilines is 1. The van der Waals surface area contributed by atoms with E-state index in [9.17, 15) is 14.0 Å². The minimum absolute atomic E-state index is 0.0422. The second-order valence-corrected chi connectivity index (χ2v) is 4.85. The van der Waals surface area contributed by atoms with Gasteiger partial charge in [-0.1, -0.05) is 24.3 Å². The topological polar surface area (TPSA) is 55.4 Å². The van der Waals surface area contributed by atoms with E-state index < -0.39 is 5.97 Å². The highest BCUT2D eigenvalue weighted by Crippen LogP contribution is 2.11. The molecular formula is C17H16FNO3. The molecule has 0 atom stereocenters. The first-order valence-corrected chi connectivity index (χ1v) is 6.79. The fourth-order valence-electron chi connectivity index (χ4n) is 1.92. The zero-order valence-electron chi connectivity index (χ0n) is 12.1. The van der Waals surface area contributed by atoms with Crippen LogP contribution in [0, 0.1) is 5.82 Å². The zero-order valence-corrected chi connectivity index (χ0v) is 12.1. The van der Waals surface area contributed by atoms with Gasteiger partial charge in [0.2, 0.25) is 5.91 Å². The molecule has 2 aromatic rings. The van der Waals surface area contributed by atoms with Gasteiger partial charge in [0.25, 0.3) is 0 Å². The van der Waals surface area contributed by atoms with Crippen LogP contribution in [-0.2, 0) is 27.4 Å². The molecule has 0 heterocycles. The van der Waals surface area contributed by atoms with Crippen molar-refractivity contribution in [1.29, 1.82) is 0 Å². The molecule has 1 N–H and O–H groups in total. The molecule has 2 aromatic carbocycles. The Balaban J connectivity index is 1.85. The largest absolute Gasteiger partial charge is 0.461 e. The van der Waals surface area contributed by atoms with E-state index in [1.165, 1.54) is 19.1 Å². The molecule has 0 aromatic heterocycles. The summed E-state index contributed by atoms with van der Waals surface area (Å²) in [6, 6.07) is 12.9. The Morgan fingerprint density at radius 2 is 1.82 bits per heavy atom. The Bertz CT molecular complexity index is 668. The zero-order chi connectivity index (χ0) is 15.9. The third-order valence-corrected chi connectivity index (χ3v) is 2.91. The van der Waals surface area contributed by atoms with Crippen LogP contribution in [0.3, 0.4) is 0 Å². The maximum Gasteiger partial charge on any atom is 0.310 e. The molecule has 0 aliphatic rings. The number of amides is 1. The number of nitrogens with one attached hydrogen (secondary N) is 1. The van der Waals surface area contributed by atoms with Crippen LogP contribution in [-0.4, -0.2) is 11.9 Å². The monoisotopic (exact) mass is 301 g/mol. The van der Waals surface area contributed by atoms with Crippen molar-refractivity contribution in [3.63, 3.8) is 0 Å². The lowest BCUT2D eigenvalue weighted by Gasteiger charge is -2.06. The van der Waals surface area contributed by atoms with Gasteiger partial charge in [-0.15, -0.1) is 0 Å². The highest BCUT2D eigenvalue weighted by Gasteiger charge is 2.06. The number of carbonyl (C=O) groups excluding carboxylic acids is 2. The number of halogens is 1. The van der Waals surface area contributed by atoms with Crippen LogP contribution in [0.15, 0.2) is 48.5 Å². The van der Waals surface area contributed by atoms with E-state index in [-0.39, 0.29) is 24.8 Å². The van der Waals surface area contributed by atoms with Crippen molar-refractivity contribution in [3.8, 4) is 0 Å². The van der Waals surface area contributed by atoms with E-state index in [1.54, 1.807) is 36.4 Å². The van der Waals surface area contributed by atoms with Crippen LogP contribution in [0.5, 0.6) is 0 Å². The Morgan fingerprint density at radius 3 is 2.45 bits per heavy atom. The van der Waals surface area contributed by atoms with E-state index in [0.717, 1.165) is 5.56 Å². The number of ether oxygens (including phenoxy) is 1. The summed E-state index contributed by atoms with van der Waals surface area (Å²) in [6.07, 6.45) is 0.121. The van der Waals surface area contributed by atoms with Gasteiger partial charge in [0.1, 0.15) is 12.4 Å². The lowest BCUT2D eigenvalue weighted by Crippen LogP contribution is -2.09. The Morgan fingerprint density at radius 1 is 1.09 bits per heavy atom. The van der Waals surface area contributed by atoms with Crippen molar-refractivity contribution in [3.05, 3.63) is 65.5 Å². The molecule has 22 heavy (non-hydrogen) atoms. The second-order valence-electron chi connectivity index (χ2n) is 4.85. The highest BCUT2D eigenvalue weighted by molar-refractivity contribution is 5.88. The summed E-state index contributed by atoms with van der Waals surface area (Å²) in [6.45, 7) is 1.47. The van der Waals surface area contributed by atoms with E-state index in [2.05, 4.69) is 5.32 Å². The third kappa shape index (κ3) is 5.01. The van der Waals surface area contributed by atoms with Gasteiger partial charge >= 0.3 is 5.97 Å². The lowest BCUT2D eigenvalue weighted by molar-refractivity contribution is -0.144. The average Bonchev–Trinajstić information content (AvgIpc) is 2.47. The van der Waals surface area contributed by atoms with Crippen LogP contribution in [0.4, 0.5) is 10.1 Å². The van der Waals surface area contributed by atoms with Crippen molar-refractivity contribution in [2.45, 2.75) is 20.0 Å². The SMILES string of the molecule is CC(=O)Nc1ccc(CC(=O)OCc2cccc(F)c2)cc1. The van der Waals surface area contributed by atoms with Crippen LogP contribution < -0.4 is 5.32 Å². The van der Waals surface area contributed by atoms with E-state index in [4.69, 9.17) is 4.74 Å². The fraction of sp³-hybridized carbons (Fsp3) is 0.176. The number of hydrogen-bond acceptors (Lipinski definition) is 3. The molecule has 0 saturated carbocycles. The number of rotatable bonds is 5.